The zero-order chi connectivity index (χ0) is 95.9. The molecule has 32 nitrogen and oxygen atoms in total. The molecule has 4 aliphatic heterocycles. The molecule has 12 aromatic rings. The predicted molar refractivity (Wildman–Crippen MR) is 505 cm³/mol. The Bertz CT molecular complexity index is 6670. The highest BCUT2D eigenvalue weighted by molar-refractivity contribution is 7.91. The summed E-state index contributed by atoms with van der Waals surface area (Å²) in [6.07, 6.45) is 30.0. The first-order valence-corrected chi connectivity index (χ1v) is 52.3. The second kappa shape index (κ2) is 43.5. The number of hydrogen-bond acceptors (Lipinski definition) is 20. The Hall–Kier alpha value is -12.7. The fourth-order valence-corrected chi connectivity index (χ4v) is 19.1. The lowest BCUT2D eigenvalue weighted by atomic mass is 10.0. The van der Waals surface area contributed by atoms with E-state index < -0.39 is 39.3 Å². The van der Waals surface area contributed by atoms with Crippen LogP contribution in [-0.4, -0.2) is 168 Å². The van der Waals surface area contributed by atoms with E-state index in [0.29, 0.717) is 72.7 Å². The lowest BCUT2D eigenvalue weighted by Gasteiger charge is -2.34. The minimum atomic E-state index is -3.47. The summed E-state index contributed by atoms with van der Waals surface area (Å²) in [4.78, 5) is 76.2. The SMILES string of the molecule is CCC[C@H](NC(=O)N1CCCCc2c1cnn2-c1ccc(F)cc1)c1ccnc(S(C)(=O)=O)c1.CCC[C@H](NC(=O)N1CCCc2c1cnn2-c1ccc(Cl)cc1)c1ccnc(S(C)(=O)=O)c1.CCC[C@H](NC(=O)N1c2cnn(-c3ccc(F)cc3)c2CCC1C)c1ccnc(S(C)(=O)=O)c1.CC[C@H](NC(=O)N1CCCCc2c1cnn2-c1ccc(F)cc1)c1ccnc(S(C)(=O)=O)c1. The van der Waals surface area contributed by atoms with Gasteiger partial charge in [0.05, 0.1) is 117 Å². The van der Waals surface area contributed by atoms with Gasteiger partial charge in [-0.3, -0.25) is 19.6 Å². The summed E-state index contributed by atoms with van der Waals surface area (Å²) in [5.41, 5.74) is 12.4. The van der Waals surface area contributed by atoms with Gasteiger partial charge in [0.15, 0.2) is 59.5 Å². The molecule has 8 aromatic heterocycles. The molecule has 8 amide bonds. The van der Waals surface area contributed by atoms with Crippen LogP contribution in [0.15, 0.2) is 215 Å². The van der Waals surface area contributed by atoms with Gasteiger partial charge in [-0.1, -0.05) is 58.6 Å². The van der Waals surface area contributed by atoms with Crippen LogP contribution in [0.4, 0.5) is 55.1 Å². The van der Waals surface area contributed by atoms with Crippen LogP contribution in [0.1, 0.15) is 187 Å². The number of anilines is 4. The number of carbonyl (C=O) groups excluding carboxylic acids is 4. The van der Waals surface area contributed by atoms with Gasteiger partial charge >= 0.3 is 24.1 Å². The van der Waals surface area contributed by atoms with Gasteiger partial charge in [0.2, 0.25) is 0 Å². The molecule has 0 spiro atoms. The highest BCUT2D eigenvalue weighted by atomic mass is 35.5. The second-order valence-electron chi connectivity index (χ2n) is 33.3. The summed E-state index contributed by atoms with van der Waals surface area (Å²) in [5, 5.41) is 30.8. The molecule has 4 aliphatic rings. The van der Waals surface area contributed by atoms with Crippen LogP contribution in [0.25, 0.3) is 22.7 Å². The van der Waals surface area contributed by atoms with Gasteiger partial charge in [0.1, 0.15) is 17.5 Å². The van der Waals surface area contributed by atoms with E-state index in [4.69, 9.17) is 11.6 Å². The molecular formula is C94H108ClF3N20O12S4. The Labute approximate surface area is 782 Å². The van der Waals surface area contributed by atoms with Gasteiger partial charge in [-0.2, -0.15) is 20.4 Å². The summed E-state index contributed by atoms with van der Waals surface area (Å²) in [6, 6.07) is 36.2. The van der Waals surface area contributed by atoms with Gasteiger partial charge in [-0.05, 0) is 265 Å². The molecule has 4 N–H and O–H groups in total. The average molecular weight is 1930 g/mol. The molecular weight excluding hydrogens is 1820 g/mol. The maximum atomic E-state index is 13.5. The van der Waals surface area contributed by atoms with Gasteiger partial charge < -0.3 is 21.3 Å². The number of carbonyl (C=O) groups is 4. The normalized spacial score (nSPS) is 15.3. The van der Waals surface area contributed by atoms with E-state index in [1.165, 1.54) is 85.5 Å². The maximum Gasteiger partial charge on any atom is 0.322 e. The first-order chi connectivity index (χ1) is 64.0. The fourth-order valence-electron chi connectivity index (χ4n) is 16.6. The number of aromatic nitrogens is 12. The Morgan fingerprint density at radius 2 is 0.649 bits per heavy atom. The van der Waals surface area contributed by atoms with Crippen molar-refractivity contribution in [2.45, 2.75) is 194 Å². The van der Waals surface area contributed by atoms with Crippen molar-refractivity contribution in [2.75, 3.05) is 64.3 Å². The van der Waals surface area contributed by atoms with Crippen LogP contribution in [0.3, 0.4) is 0 Å². The van der Waals surface area contributed by atoms with Crippen LogP contribution < -0.4 is 40.9 Å². The zero-order valence-corrected chi connectivity index (χ0v) is 79.7. The van der Waals surface area contributed by atoms with E-state index in [1.54, 1.807) is 119 Å². The predicted octanol–water partition coefficient (Wildman–Crippen LogP) is 16.5. The molecule has 0 aliphatic carbocycles. The lowest BCUT2D eigenvalue weighted by molar-refractivity contribution is 0.238. The van der Waals surface area contributed by atoms with Crippen LogP contribution in [0, 0.1) is 17.5 Å². The van der Waals surface area contributed by atoms with E-state index in [-0.39, 0.29) is 91.9 Å². The van der Waals surface area contributed by atoms with Gasteiger partial charge in [-0.15, -0.1) is 0 Å². The Balaban J connectivity index is 0.000000152. The summed E-state index contributed by atoms with van der Waals surface area (Å²) in [5.74, 6) is -0.963. The van der Waals surface area contributed by atoms with E-state index in [0.717, 1.165) is 177 Å². The van der Waals surface area contributed by atoms with Crippen molar-refractivity contribution in [3.8, 4) is 22.7 Å². The monoisotopic (exact) mass is 1930 g/mol. The van der Waals surface area contributed by atoms with Crippen LogP contribution in [-0.2, 0) is 65.0 Å². The van der Waals surface area contributed by atoms with E-state index in [9.17, 15) is 66.0 Å². The highest BCUT2D eigenvalue weighted by Gasteiger charge is 2.36. The number of benzene rings is 4. The summed E-state index contributed by atoms with van der Waals surface area (Å²) in [7, 11) is -13.8. The smallest absolute Gasteiger partial charge is 0.322 e. The van der Waals surface area contributed by atoms with Crippen molar-refractivity contribution < 1.29 is 66.0 Å². The van der Waals surface area contributed by atoms with Crippen LogP contribution in [0.5, 0.6) is 0 Å². The third-order valence-electron chi connectivity index (χ3n) is 23.4. The number of nitrogens with zero attached hydrogens (tertiary/aromatic N) is 16. The molecule has 0 saturated carbocycles. The van der Waals surface area contributed by atoms with Crippen LogP contribution >= 0.6 is 11.6 Å². The molecule has 5 atom stereocenters. The number of rotatable bonds is 23. The first kappa shape index (κ1) is 98.8. The molecule has 0 bridgehead atoms. The zero-order valence-electron chi connectivity index (χ0n) is 75.7. The van der Waals surface area contributed by atoms with Crippen molar-refractivity contribution in [3.05, 3.63) is 263 Å². The largest absolute Gasteiger partial charge is 0.331 e. The molecule has 0 saturated heterocycles. The number of urea groups is 4. The average Bonchev–Trinajstić information content (AvgIpc) is 1.64. The minimum absolute atomic E-state index is 0.000137. The number of fused-ring (bicyclic) bond motifs is 4. The minimum Gasteiger partial charge on any atom is -0.331 e. The third-order valence-corrected chi connectivity index (χ3v) is 27.6. The molecule has 40 heteroatoms. The Kier molecular flexibility index (Phi) is 32.1. The molecule has 16 rings (SSSR count). The van der Waals surface area contributed by atoms with Gasteiger partial charge in [0.25, 0.3) is 0 Å². The highest BCUT2D eigenvalue weighted by Crippen LogP contribution is 2.38. The Morgan fingerprint density at radius 3 is 0.963 bits per heavy atom. The first-order valence-electron chi connectivity index (χ1n) is 44.3. The van der Waals surface area contributed by atoms with E-state index in [2.05, 4.69) is 61.6 Å². The lowest BCUT2D eigenvalue weighted by Crippen LogP contribution is -2.48. The number of sulfone groups is 4. The summed E-state index contributed by atoms with van der Waals surface area (Å²) < 4.78 is 143. The molecule has 1 unspecified atom stereocenters. The quantitative estimate of drug-likeness (QED) is 0.0462. The molecule has 0 radical (unpaired) electrons. The topological polar surface area (TPSA) is 389 Å². The maximum absolute atomic E-state index is 13.5. The third kappa shape index (κ3) is 24.1. The molecule has 12 heterocycles. The fraction of sp³-hybridized carbons (Fsp3) is 0.362. The number of pyridine rings is 4. The van der Waals surface area contributed by atoms with E-state index >= 15 is 0 Å². The number of amides is 8. The van der Waals surface area contributed by atoms with Crippen molar-refractivity contribution in [3.63, 3.8) is 0 Å². The Morgan fingerprint density at radius 1 is 0.373 bits per heavy atom. The molecule has 4 aromatic carbocycles. The van der Waals surface area contributed by atoms with Crippen molar-refractivity contribution in [1.29, 1.82) is 0 Å². The molecule has 0 fully saturated rings. The summed E-state index contributed by atoms with van der Waals surface area (Å²) in [6.45, 7) is 11.6. The second-order valence-corrected chi connectivity index (χ2v) is 41.6. The molecule has 708 valence electrons. The number of nitrogens with one attached hydrogen (secondary N) is 4. The van der Waals surface area contributed by atoms with Gasteiger partial charge in [0, 0.05) is 80.5 Å². The van der Waals surface area contributed by atoms with Crippen LogP contribution in [0.2, 0.25) is 5.02 Å². The summed E-state index contributed by atoms with van der Waals surface area (Å²) >= 11 is 6.01. The van der Waals surface area contributed by atoms with Crippen molar-refractivity contribution in [2.24, 2.45) is 0 Å². The van der Waals surface area contributed by atoms with Crippen molar-refractivity contribution in [1.82, 2.24) is 80.3 Å². The van der Waals surface area contributed by atoms with Gasteiger partial charge in [-0.25, -0.2) is 105 Å². The number of hydrogen-bond donors (Lipinski definition) is 4. The standard InChI is InChI=1S/2C24H28FN5O3S.C23H26ClN5O3S.C23H26FN5O3S/c1-4-5-20(17-12-13-26-23(14-17)34(3,32)33)28-24(31)29-16(2)6-11-21-22(29)15-27-30(21)19-9-7-18(25)8-10-19;1-3-6-20(17-12-13-26-23(15-17)34(2,32)33)28-24(31)29-14-5-4-7-21-22(29)16-27-30(21)19-10-8-18(25)9-11-19;1-3-5-19(16-11-12-25-22(14-16)33(2,31)32)27-23(30)28-13-4-6-20-21(28)15-26-29(20)18-9-7-17(24)8-10-18;1-3-19(16-11-12-25-22(14-16)33(2,31)32)27-23(30)28-13-5-4-6-20-21(28)15-26-29(20)18-9-7-17(24)8-10-18/h7-10,12-16,20H,4-6,11H2,1-3H3,(H,28,31);8-13,15-16,20H,3-7,14H2,1-2H3,(H,28,31);2*7-12,14-15,19H,3-6,13H2,1-2H3,(H,27,30)/t16?,20-;20-;2*19-/m0000/s1. The number of halogens is 4. The van der Waals surface area contributed by atoms with Crippen molar-refractivity contribution >= 4 is 97.8 Å². The molecule has 134 heavy (non-hydrogen) atoms. The van der Waals surface area contributed by atoms with E-state index in [1.807, 2.05) is 63.6 Å².